The average molecular weight is 246 g/mol. The van der Waals surface area contributed by atoms with Gasteiger partial charge in [0, 0.05) is 13.6 Å². The predicted molar refractivity (Wildman–Crippen MR) is 63.4 cm³/mol. The second-order valence-corrected chi connectivity index (χ2v) is 3.66. The molecule has 0 fully saturated rings. The van der Waals surface area contributed by atoms with Crippen LogP contribution in [0.3, 0.4) is 0 Å². The number of nitrogens with one attached hydrogen (secondary N) is 1. The molecule has 17 heavy (non-hydrogen) atoms. The summed E-state index contributed by atoms with van der Waals surface area (Å²) in [5.74, 6) is -0.536. The fraction of sp³-hybridized carbons (Fsp3) is 0.818. The number of amides is 1. The lowest BCUT2D eigenvalue weighted by Gasteiger charge is -2.22. The number of hydrogen-bond acceptors (Lipinski definition) is 5. The minimum absolute atomic E-state index is 0.0436. The van der Waals surface area contributed by atoms with Crippen molar-refractivity contribution in [3.63, 3.8) is 0 Å². The molecule has 0 heterocycles. The fourth-order valence-corrected chi connectivity index (χ4v) is 1.36. The Bertz CT molecular complexity index is 246. The van der Waals surface area contributed by atoms with Crippen molar-refractivity contribution in [2.75, 3.05) is 33.3 Å². The molecule has 0 aromatic rings. The van der Waals surface area contributed by atoms with Crippen LogP contribution in [-0.2, 0) is 14.3 Å². The quantitative estimate of drug-likeness (QED) is 0.557. The maximum atomic E-state index is 11.2. The molecule has 0 aliphatic heterocycles. The van der Waals surface area contributed by atoms with Crippen LogP contribution in [0.5, 0.6) is 0 Å². The number of likely N-dealkylation sites (N-methyl/N-ethyl adjacent to an activating group) is 2. The molecule has 0 bridgehead atoms. The summed E-state index contributed by atoms with van der Waals surface area (Å²) in [5, 5.41) is 12.2. The van der Waals surface area contributed by atoms with E-state index in [0.29, 0.717) is 13.2 Å². The second-order valence-electron chi connectivity index (χ2n) is 3.66. The van der Waals surface area contributed by atoms with Crippen LogP contribution in [0.1, 0.15) is 20.3 Å². The van der Waals surface area contributed by atoms with E-state index >= 15 is 0 Å². The summed E-state index contributed by atoms with van der Waals surface area (Å²) >= 11 is 0. The van der Waals surface area contributed by atoms with E-state index in [2.05, 4.69) is 5.32 Å². The van der Waals surface area contributed by atoms with Gasteiger partial charge in [0.15, 0.2) is 0 Å². The minimum Gasteiger partial charge on any atom is -0.466 e. The molecule has 0 spiro atoms. The third kappa shape index (κ3) is 7.70. The van der Waals surface area contributed by atoms with Crippen molar-refractivity contribution in [2.45, 2.75) is 26.4 Å². The molecule has 0 radical (unpaired) electrons. The number of aliphatic hydroxyl groups excluding tert-OH is 1. The molecule has 6 heteroatoms. The summed E-state index contributed by atoms with van der Waals surface area (Å²) in [7, 11) is 1.56. The smallest absolute Gasteiger partial charge is 0.308 e. The van der Waals surface area contributed by atoms with E-state index in [4.69, 9.17) is 4.74 Å². The first-order chi connectivity index (χ1) is 8.03. The lowest BCUT2D eigenvalue weighted by atomic mass is 10.2. The number of esters is 1. The van der Waals surface area contributed by atoms with E-state index in [1.54, 1.807) is 18.9 Å². The van der Waals surface area contributed by atoms with Gasteiger partial charge in [-0.1, -0.05) is 6.92 Å². The first kappa shape index (κ1) is 15.9. The first-order valence-electron chi connectivity index (χ1n) is 5.80. The van der Waals surface area contributed by atoms with Crippen LogP contribution in [0.15, 0.2) is 0 Å². The summed E-state index contributed by atoms with van der Waals surface area (Å²) in [6.45, 7) is 5.04. The third-order valence-electron chi connectivity index (χ3n) is 2.27. The molecular weight excluding hydrogens is 224 g/mol. The maximum absolute atomic E-state index is 11.2. The van der Waals surface area contributed by atoms with Gasteiger partial charge < -0.3 is 15.2 Å². The molecular formula is C11H22N2O4. The predicted octanol–water partition coefficient (Wildman–Crippen LogP) is -0.632. The normalized spacial score (nSPS) is 12.3. The molecule has 1 unspecified atom stereocenters. The molecule has 0 saturated carbocycles. The highest BCUT2D eigenvalue weighted by molar-refractivity contribution is 5.77. The summed E-state index contributed by atoms with van der Waals surface area (Å²) < 4.78 is 4.73. The van der Waals surface area contributed by atoms with E-state index in [-0.39, 0.29) is 25.4 Å². The van der Waals surface area contributed by atoms with Gasteiger partial charge in [-0.25, -0.2) is 0 Å². The van der Waals surface area contributed by atoms with Crippen molar-refractivity contribution in [3.05, 3.63) is 0 Å². The zero-order valence-corrected chi connectivity index (χ0v) is 10.7. The Labute approximate surface area is 102 Å². The Morgan fingerprint density at radius 3 is 2.53 bits per heavy atom. The Morgan fingerprint density at radius 2 is 2.06 bits per heavy atom. The molecule has 0 aromatic carbocycles. The third-order valence-corrected chi connectivity index (χ3v) is 2.27. The number of hydrogen-bond donors (Lipinski definition) is 2. The van der Waals surface area contributed by atoms with Crippen molar-refractivity contribution in [1.82, 2.24) is 10.2 Å². The number of carbonyl (C=O) groups excluding carboxylic acids is 2. The highest BCUT2D eigenvalue weighted by Gasteiger charge is 2.16. The highest BCUT2D eigenvalue weighted by atomic mass is 16.5. The number of nitrogens with zero attached hydrogens (tertiary/aromatic N) is 1. The monoisotopic (exact) mass is 246 g/mol. The fourth-order valence-electron chi connectivity index (χ4n) is 1.36. The Hall–Kier alpha value is -1.14. The van der Waals surface area contributed by atoms with Gasteiger partial charge in [0.2, 0.25) is 5.91 Å². The van der Waals surface area contributed by atoms with Gasteiger partial charge in [0.25, 0.3) is 0 Å². The average Bonchev–Trinajstić information content (AvgIpc) is 2.27. The summed E-state index contributed by atoms with van der Waals surface area (Å²) in [5.41, 5.74) is 0. The summed E-state index contributed by atoms with van der Waals surface area (Å²) in [6, 6.07) is 0. The van der Waals surface area contributed by atoms with E-state index in [1.807, 2.05) is 6.92 Å². The largest absolute Gasteiger partial charge is 0.466 e. The maximum Gasteiger partial charge on any atom is 0.308 e. The van der Waals surface area contributed by atoms with Crippen LogP contribution >= 0.6 is 0 Å². The lowest BCUT2D eigenvalue weighted by molar-refractivity contribution is -0.145. The van der Waals surface area contributed by atoms with Gasteiger partial charge in [-0.3, -0.25) is 14.5 Å². The highest BCUT2D eigenvalue weighted by Crippen LogP contribution is 1.99. The molecule has 2 N–H and O–H groups in total. The molecule has 0 rings (SSSR count). The number of carbonyl (C=O) groups is 2. The van der Waals surface area contributed by atoms with Crippen molar-refractivity contribution < 1.29 is 19.4 Å². The molecule has 1 amide bonds. The molecule has 100 valence electrons. The number of rotatable bonds is 8. The van der Waals surface area contributed by atoms with E-state index in [0.717, 1.165) is 0 Å². The van der Waals surface area contributed by atoms with Crippen LogP contribution in [0, 0.1) is 0 Å². The van der Waals surface area contributed by atoms with Gasteiger partial charge in [0.1, 0.15) is 0 Å². The van der Waals surface area contributed by atoms with Crippen LogP contribution in [0.2, 0.25) is 0 Å². The van der Waals surface area contributed by atoms with Crippen molar-refractivity contribution >= 4 is 11.9 Å². The minimum atomic E-state index is -0.807. The number of aliphatic hydroxyl groups is 1. The van der Waals surface area contributed by atoms with Gasteiger partial charge in [0.05, 0.1) is 25.7 Å². The van der Waals surface area contributed by atoms with Crippen LogP contribution in [0.25, 0.3) is 0 Å². The topological polar surface area (TPSA) is 78.9 Å². The van der Waals surface area contributed by atoms with Crippen molar-refractivity contribution in [1.29, 1.82) is 0 Å². The van der Waals surface area contributed by atoms with Crippen LogP contribution in [-0.4, -0.2) is 61.3 Å². The molecule has 0 aliphatic rings. The summed E-state index contributed by atoms with van der Waals surface area (Å²) in [4.78, 5) is 24.0. The van der Waals surface area contributed by atoms with Crippen LogP contribution in [0.4, 0.5) is 0 Å². The number of ether oxygens (including phenoxy) is 1. The van der Waals surface area contributed by atoms with Gasteiger partial charge in [-0.15, -0.1) is 0 Å². The zero-order chi connectivity index (χ0) is 13.3. The Morgan fingerprint density at radius 1 is 1.41 bits per heavy atom. The molecule has 0 saturated heterocycles. The van der Waals surface area contributed by atoms with Crippen molar-refractivity contribution in [3.8, 4) is 0 Å². The van der Waals surface area contributed by atoms with E-state index in [9.17, 15) is 14.7 Å². The SMILES string of the molecule is CCOC(=O)CC(O)CN(CC)CC(=O)NC. The van der Waals surface area contributed by atoms with Crippen LogP contribution < -0.4 is 5.32 Å². The first-order valence-corrected chi connectivity index (χ1v) is 5.80. The molecule has 0 aromatic heterocycles. The van der Waals surface area contributed by atoms with Gasteiger partial charge in [-0.05, 0) is 13.5 Å². The van der Waals surface area contributed by atoms with E-state index in [1.165, 1.54) is 0 Å². The molecule has 0 aliphatic carbocycles. The second kappa shape index (κ2) is 8.95. The summed E-state index contributed by atoms with van der Waals surface area (Å²) in [6.07, 6.45) is -0.850. The van der Waals surface area contributed by atoms with E-state index < -0.39 is 12.1 Å². The van der Waals surface area contributed by atoms with Gasteiger partial charge >= 0.3 is 5.97 Å². The van der Waals surface area contributed by atoms with Gasteiger partial charge in [-0.2, -0.15) is 0 Å². The molecule has 1 atom stereocenters. The lowest BCUT2D eigenvalue weighted by Crippen LogP contribution is -2.40. The van der Waals surface area contributed by atoms with Crippen molar-refractivity contribution in [2.24, 2.45) is 0 Å². The Kier molecular flexibility index (Phi) is 8.35. The zero-order valence-electron chi connectivity index (χ0n) is 10.7. The molecule has 6 nitrogen and oxygen atoms in total. The Balaban J connectivity index is 4.01. The standard InChI is InChI=1S/C11H22N2O4/c1-4-13(8-10(15)12-3)7-9(14)6-11(16)17-5-2/h9,14H,4-8H2,1-3H3,(H,12,15).